The van der Waals surface area contributed by atoms with Crippen LogP contribution in [-0.4, -0.2) is 25.5 Å². The largest absolute Gasteiger partial charge is 0.379 e. The van der Waals surface area contributed by atoms with Gasteiger partial charge in [0.15, 0.2) is 0 Å². The van der Waals surface area contributed by atoms with E-state index in [1.165, 1.54) is 18.2 Å². The highest BCUT2D eigenvalue weighted by atomic mass is 19.1. The van der Waals surface area contributed by atoms with Gasteiger partial charge in [-0.05, 0) is 43.5 Å². The third kappa shape index (κ3) is 3.55. The van der Waals surface area contributed by atoms with Crippen molar-refractivity contribution in [3.8, 4) is 0 Å². The summed E-state index contributed by atoms with van der Waals surface area (Å²) in [7, 11) is 0. The van der Waals surface area contributed by atoms with Crippen LogP contribution < -0.4 is 26.4 Å². The predicted molar refractivity (Wildman–Crippen MR) is 95.7 cm³/mol. The first-order valence-corrected chi connectivity index (χ1v) is 8.35. The van der Waals surface area contributed by atoms with Crippen LogP contribution in [0.3, 0.4) is 0 Å². The number of carbonyl (C=O) groups excluding carboxylic acids is 1. The highest BCUT2D eigenvalue weighted by molar-refractivity contribution is 5.91. The molecule has 1 aliphatic heterocycles. The van der Waals surface area contributed by atoms with Crippen molar-refractivity contribution in [3.05, 3.63) is 50.0 Å². The Morgan fingerprint density at radius 1 is 1.20 bits per heavy atom. The molecular formula is C18H20FN3O3. The Morgan fingerprint density at radius 3 is 2.60 bits per heavy atom. The van der Waals surface area contributed by atoms with Crippen LogP contribution in [0.4, 0.5) is 21.5 Å². The van der Waals surface area contributed by atoms with Crippen molar-refractivity contribution < 1.29 is 9.18 Å². The Morgan fingerprint density at radius 2 is 1.92 bits per heavy atom. The van der Waals surface area contributed by atoms with Crippen LogP contribution in [0, 0.1) is 12.7 Å². The number of nitrogens with one attached hydrogen (secondary N) is 2. The van der Waals surface area contributed by atoms with E-state index in [1.54, 1.807) is 6.92 Å². The zero-order valence-corrected chi connectivity index (χ0v) is 14.0. The molecule has 0 atom stereocenters. The molecule has 25 heavy (non-hydrogen) atoms. The van der Waals surface area contributed by atoms with Crippen LogP contribution in [0.1, 0.15) is 24.8 Å². The first-order chi connectivity index (χ1) is 12.0. The summed E-state index contributed by atoms with van der Waals surface area (Å²) < 4.78 is 13.1. The van der Waals surface area contributed by atoms with E-state index in [0.717, 1.165) is 25.9 Å². The van der Waals surface area contributed by atoms with Gasteiger partial charge in [0, 0.05) is 31.7 Å². The molecule has 2 N–H and O–H groups in total. The fraction of sp³-hybridized carbons (Fsp3) is 0.389. The summed E-state index contributed by atoms with van der Waals surface area (Å²) in [6.45, 7) is 3.52. The molecule has 1 aliphatic rings. The van der Waals surface area contributed by atoms with E-state index in [2.05, 4.69) is 10.6 Å². The van der Waals surface area contributed by atoms with Gasteiger partial charge in [0.1, 0.15) is 17.2 Å². The van der Waals surface area contributed by atoms with Gasteiger partial charge >= 0.3 is 0 Å². The average Bonchev–Trinajstić information content (AvgIpc) is 3.09. The second kappa shape index (κ2) is 7.04. The van der Waals surface area contributed by atoms with Crippen LogP contribution in [-0.2, 0) is 4.79 Å². The molecule has 0 bridgehead atoms. The number of hydrogen-bond acceptors (Lipinski definition) is 5. The zero-order valence-electron chi connectivity index (χ0n) is 14.0. The first-order valence-electron chi connectivity index (χ1n) is 8.35. The molecule has 0 aromatic heterocycles. The van der Waals surface area contributed by atoms with Crippen molar-refractivity contribution in [2.75, 3.05) is 35.2 Å². The van der Waals surface area contributed by atoms with Crippen LogP contribution in [0.5, 0.6) is 0 Å². The molecule has 0 unspecified atom stereocenters. The van der Waals surface area contributed by atoms with E-state index in [9.17, 15) is 18.8 Å². The lowest BCUT2D eigenvalue weighted by atomic mass is 10.1. The van der Waals surface area contributed by atoms with Crippen LogP contribution in [0.2, 0.25) is 0 Å². The SMILES string of the molecule is Cc1cc(F)ccc1NC(=O)CCNc1c(N2CCCC2)c(=O)c1=O. The third-order valence-corrected chi connectivity index (χ3v) is 4.42. The lowest BCUT2D eigenvalue weighted by molar-refractivity contribution is -0.115. The van der Waals surface area contributed by atoms with Gasteiger partial charge in [0.2, 0.25) is 5.91 Å². The summed E-state index contributed by atoms with van der Waals surface area (Å²) in [6, 6.07) is 4.14. The summed E-state index contributed by atoms with van der Waals surface area (Å²) in [5.41, 5.74) is 1.00. The van der Waals surface area contributed by atoms with Gasteiger partial charge < -0.3 is 15.5 Å². The number of hydrogen-bond donors (Lipinski definition) is 2. The number of carbonyl (C=O) groups is 1. The standard InChI is InChI=1S/C18H20FN3O3/c1-11-10-12(19)4-5-13(11)21-14(23)6-7-20-15-16(18(25)17(15)24)22-8-2-3-9-22/h4-5,10,20H,2-3,6-9H2,1H3,(H,21,23). The number of benzene rings is 1. The topological polar surface area (TPSA) is 78.5 Å². The number of anilines is 3. The molecule has 2 aromatic rings. The van der Waals surface area contributed by atoms with Crippen molar-refractivity contribution >= 4 is 23.0 Å². The molecule has 2 aromatic carbocycles. The summed E-state index contributed by atoms with van der Waals surface area (Å²) >= 11 is 0. The highest BCUT2D eigenvalue weighted by Gasteiger charge is 2.27. The van der Waals surface area contributed by atoms with Crippen molar-refractivity contribution in [1.29, 1.82) is 0 Å². The van der Waals surface area contributed by atoms with E-state index in [4.69, 9.17) is 0 Å². The summed E-state index contributed by atoms with van der Waals surface area (Å²) in [6.07, 6.45) is 2.16. The first kappa shape index (κ1) is 17.1. The van der Waals surface area contributed by atoms with Crippen molar-refractivity contribution in [2.45, 2.75) is 26.2 Å². The molecule has 1 amide bonds. The van der Waals surface area contributed by atoms with E-state index in [-0.39, 0.29) is 24.7 Å². The van der Waals surface area contributed by atoms with E-state index < -0.39 is 10.9 Å². The summed E-state index contributed by atoms with van der Waals surface area (Å²) in [4.78, 5) is 37.4. The number of aryl methyl sites for hydroxylation is 1. The minimum Gasteiger partial charge on any atom is -0.379 e. The molecule has 132 valence electrons. The Bertz CT molecular complexity index is 865. The van der Waals surface area contributed by atoms with Crippen LogP contribution in [0.15, 0.2) is 27.8 Å². The maximum Gasteiger partial charge on any atom is 0.253 e. The van der Waals surface area contributed by atoms with Crippen molar-refractivity contribution in [1.82, 2.24) is 0 Å². The lowest BCUT2D eigenvalue weighted by Crippen LogP contribution is -2.42. The molecule has 1 fully saturated rings. The lowest BCUT2D eigenvalue weighted by Gasteiger charge is -2.22. The third-order valence-electron chi connectivity index (χ3n) is 4.42. The molecular weight excluding hydrogens is 325 g/mol. The van der Waals surface area contributed by atoms with Gasteiger partial charge in [0.25, 0.3) is 10.9 Å². The summed E-state index contributed by atoms with van der Waals surface area (Å²) in [5.74, 6) is -0.602. The van der Waals surface area contributed by atoms with Crippen molar-refractivity contribution in [3.63, 3.8) is 0 Å². The molecule has 3 rings (SSSR count). The maximum absolute atomic E-state index is 13.1. The van der Waals surface area contributed by atoms with Gasteiger partial charge in [-0.1, -0.05) is 0 Å². The Hall–Kier alpha value is -2.70. The molecule has 0 aliphatic carbocycles. The number of nitrogens with zero attached hydrogens (tertiary/aromatic N) is 1. The van der Waals surface area contributed by atoms with Crippen LogP contribution >= 0.6 is 0 Å². The number of amides is 1. The maximum atomic E-state index is 13.1. The molecule has 0 spiro atoms. The van der Waals surface area contributed by atoms with Crippen LogP contribution in [0.25, 0.3) is 0 Å². The Kier molecular flexibility index (Phi) is 4.83. The van der Waals surface area contributed by atoms with Gasteiger partial charge in [-0.2, -0.15) is 0 Å². The zero-order chi connectivity index (χ0) is 18.0. The second-order valence-electron chi connectivity index (χ2n) is 6.26. The fourth-order valence-electron chi connectivity index (χ4n) is 3.07. The number of halogens is 1. The van der Waals surface area contributed by atoms with Gasteiger partial charge in [-0.3, -0.25) is 14.4 Å². The predicted octanol–water partition coefficient (Wildman–Crippen LogP) is 1.77. The normalized spacial score (nSPS) is 14.1. The minimum absolute atomic E-state index is 0.134. The second-order valence-corrected chi connectivity index (χ2v) is 6.26. The molecule has 1 saturated heterocycles. The minimum atomic E-state index is -0.517. The molecule has 1 heterocycles. The summed E-state index contributed by atoms with van der Waals surface area (Å²) in [5, 5.41) is 5.62. The molecule has 6 nitrogen and oxygen atoms in total. The van der Waals surface area contributed by atoms with Gasteiger partial charge in [-0.15, -0.1) is 0 Å². The Balaban J connectivity index is 1.55. The smallest absolute Gasteiger partial charge is 0.253 e. The van der Waals surface area contributed by atoms with E-state index >= 15 is 0 Å². The number of rotatable bonds is 6. The molecule has 0 radical (unpaired) electrons. The van der Waals surface area contributed by atoms with E-state index in [0.29, 0.717) is 22.6 Å². The highest BCUT2D eigenvalue weighted by Crippen LogP contribution is 2.24. The Labute approximate surface area is 144 Å². The van der Waals surface area contributed by atoms with Gasteiger partial charge in [0.05, 0.1) is 0 Å². The monoisotopic (exact) mass is 345 g/mol. The van der Waals surface area contributed by atoms with E-state index in [1.807, 2.05) is 4.90 Å². The molecule has 7 heteroatoms. The molecule has 0 saturated carbocycles. The average molecular weight is 345 g/mol. The fourth-order valence-corrected chi connectivity index (χ4v) is 3.07. The quantitative estimate of drug-likeness (QED) is 0.780. The van der Waals surface area contributed by atoms with Gasteiger partial charge in [-0.25, -0.2) is 4.39 Å². The van der Waals surface area contributed by atoms with Crippen molar-refractivity contribution in [2.24, 2.45) is 0 Å².